The Kier molecular flexibility index (Phi) is 3.01. The number of aromatic nitrogens is 2. The second-order valence-corrected chi connectivity index (χ2v) is 4.23. The number of anilines is 2. The molecule has 98 valence electrons. The van der Waals surface area contributed by atoms with Crippen LogP contribution in [-0.2, 0) is 0 Å². The summed E-state index contributed by atoms with van der Waals surface area (Å²) < 4.78 is 0. The zero-order chi connectivity index (χ0) is 13.9. The molecule has 0 amide bonds. The van der Waals surface area contributed by atoms with E-state index in [9.17, 15) is 9.90 Å². The molecule has 5 nitrogen and oxygen atoms in total. The minimum Gasteiger partial charge on any atom is -0.545 e. The maximum atomic E-state index is 10.9. The van der Waals surface area contributed by atoms with E-state index in [1.54, 1.807) is 12.1 Å². The Morgan fingerprint density at radius 3 is 2.75 bits per heavy atom. The molecule has 1 aromatic heterocycles. The lowest BCUT2D eigenvalue weighted by Crippen LogP contribution is -2.22. The maximum Gasteiger partial charge on any atom is 0.141 e. The number of carbonyl (C=O) groups is 1. The topological polar surface area (TPSA) is 77.9 Å². The van der Waals surface area contributed by atoms with E-state index < -0.39 is 5.97 Å². The largest absolute Gasteiger partial charge is 0.545 e. The average molecular weight is 264 g/mol. The van der Waals surface area contributed by atoms with E-state index >= 15 is 0 Å². The van der Waals surface area contributed by atoms with Gasteiger partial charge >= 0.3 is 0 Å². The van der Waals surface area contributed by atoms with E-state index in [-0.39, 0.29) is 5.56 Å². The Balaban J connectivity index is 2.01. The van der Waals surface area contributed by atoms with Gasteiger partial charge in [-0.05, 0) is 29.8 Å². The molecule has 1 heterocycles. The summed E-state index contributed by atoms with van der Waals surface area (Å²) in [5.74, 6) is -0.577. The summed E-state index contributed by atoms with van der Waals surface area (Å²) >= 11 is 0. The highest BCUT2D eigenvalue weighted by Gasteiger charge is 2.04. The van der Waals surface area contributed by atoms with Crippen LogP contribution in [0.5, 0.6) is 0 Å². The number of benzene rings is 2. The van der Waals surface area contributed by atoms with Gasteiger partial charge in [0.25, 0.3) is 0 Å². The minimum absolute atomic E-state index is 0.119. The molecule has 0 atom stereocenters. The number of carbonyl (C=O) groups excluding carboxylic acids is 1. The summed E-state index contributed by atoms with van der Waals surface area (Å²) in [7, 11) is 0. The van der Waals surface area contributed by atoms with Gasteiger partial charge in [-0.3, -0.25) is 0 Å². The first kappa shape index (κ1) is 12.1. The summed E-state index contributed by atoms with van der Waals surface area (Å²) in [6.45, 7) is 0. The predicted octanol–water partition coefficient (Wildman–Crippen LogP) is 1.74. The normalized spacial score (nSPS) is 10.4. The Hall–Kier alpha value is -2.95. The van der Waals surface area contributed by atoms with Crippen LogP contribution in [0.2, 0.25) is 0 Å². The third-order valence-electron chi connectivity index (χ3n) is 2.90. The van der Waals surface area contributed by atoms with Gasteiger partial charge in [-0.25, -0.2) is 9.97 Å². The van der Waals surface area contributed by atoms with Crippen molar-refractivity contribution < 1.29 is 9.90 Å². The molecular weight excluding hydrogens is 254 g/mol. The zero-order valence-corrected chi connectivity index (χ0v) is 10.4. The molecule has 0 saturated heterocycles. The quantitative estimate of drug-likeness (QED) is 0.779. The first-order valence-corrected chi connectivity index (χ1v) is 6.02. The zero-order valence-electron chi connectivity index (χ0n) is 10.4. The molecule has 5 heteroatoms. The molecular formula is C15H10N3O2-. The monoisotopic (exact) mass is 264 g/mol. The molecule has 1 N–H and O–H groups in total. The van der Waals surface area contributed by atoms with E-state index in [1.165, 1.54) is 18.5 Å². The summed E-state index contributed by atoms with van der Waals surface area (Å²) in [6.07, 6.45) is 1.47. The van der Waals surface area contributed by atoms with E-state index in [0.717, 1.165) is 10.9 Å². The molecule has 0 bridgehead atoms. The SMILES string of the molecule is O=C([O-])c1cccc(Nc2ncnc3ccccc23)c1. The molecule has 20 heavy (non-hydrogen) atoms. The lowest BCUT2D eigenvalue weighted by molar-refractivity contribution is -0.255. The average Bonchev–Trinajstić information content (AvgIpc) is 2.48. The standard InChI is InChI=1S/C15H11N3O2/c19-15(20)10-4-3-5-11(8-10)18-14-12-6-1-2-7-13(12)16-9-17-14/h1-9H,(H,19,20)(H,16,17,18)/p-1. The Morgan fingerprint density at radius 1 is 1.05 bits per heavy atom. The van der Waals surface area contributed by atoms with Crippen LogP contribution in [0.1, 0.15) is 10.4 Å². The van der Waals surface area contributed by atoms with Crippen molar-refractivity contribution in [2.45, 2.75) is 0 Å². The van der Waals surface area contributed by atoms with Crippen molar-refractivity contribution in [3.63, 3.8) is 0 Å². The van der Waals surface area contributed by atoms with E-state index in [1.807, 2.05) is 24.3 Å². The molecule has 0 saturated carbocycles. The molecule has 0 fully saturated rings. The van der Waals surface area contributed by atoms with Gasteiger partial charge in [-0.1, -0.05) is 24.3 Å². The molecule has 3 rings (SSSR count). The Bertz CT molecular complexity index is 781. The third kappa shape index (κ3) is 2.29. The van der Waals surface area contributed by atoms with Crippen molar-refractivity contribution in [1.82, 2.24) is 9.97 Å². The summed E-state index contributed by atoms with van der Waals surface area (Å²) in [6, 6.07) is 14.0. The number of carboxylic acids is 1. The highest BCUT2D eigenvalue weighted by molar-refractivity contribution is 5.91. The van der Waals surface area contributed by atoms with Gasteiger partial charge in [0.05, 0.1) is 11.5 Å². The van der Waals surface area contributed by atoms with E-state index in [0.29, 0.717) is 11.5 Å². The first-order valence-electron chi connectivity index (χ1n) is 6.02. The summed E-state index contributed by atoms with van der Waals surface area (Å²) in [5.41, 5.74) is 1.57. The number of para-hydroxylation sites is 1. The summed E-state index contributed by atoms with van der Waals surface area (Å²) in [5, 5.41) is 14.8. The highest BCUT2D eigenvalue weighted by Crippen LogP contribution is 2.22. The smallest absolute Gasteiger partial charge is 0.141 e. The number of hydrogen-bond acceptors (Lipinski definition) is 5. The van der Waals surface area contributed by atoms with Crippen molar-refractivity contribution in [3.8, 4) is 0 Å². The molecule has 0 aliphatic heterocycles. The van der Waals surface area contributed by atoms with Crippen LogP contribution in [-0.4, -0.2) is 15.9 Å². The molecule has 3 aromatic rings. The van der Waals surface area contributed by atoms with Crippen molar-refractivity contribution in [1.29, 1.82) is 0 Å². The fourth-order valence-corrected chi connectivity index (χ4v) is 1.97. The van der Waals surface area contributed by atoms with E-state index in [4.69, 9.17) is 0 Å². The van der Waals surface area contributed by atoms with Gasteiger partial charge in [0.2, 0.25) is 0 Å². The van der Waals surface area contributed by atoms with Crippen LogP contribution in [0.4, 0.5) is 11.5 Å². The second kappa shape index (κ2) is 4.97. The number of fused-ring (bicyclic) bond motifs is 1. The van der Waals surface area contributed by atoms with Crippen LogP contribution in [0.3, 0.4) is 0 Å². The lowest BCUT2D eigenvalue weighted by Gasteiger charge is -2.10. The molecule has 2 aromatic carbocycles. The van der Waals surface area contributed by atoms with Gasteiger partial charge in [0.15, 0.2) is 0 Å². The van der Waals surface area contributed by atoms with Gasteiger partial charge < -0.3 is 15.2 Å². The molecule has 0 unspecified atom stereocenters. The van der Waals surface area contributed by atoms with Gasteiger partial charge in [0.1, 0.15) is 12.1 Å². The number of carboxylic acid groups (broad SMARTS) is 1. The van der Waals surface area contributed by atoms with Crippen LogP contribution < -0.4 is 10.4 Å². The fraction of sp³-hybridized carbons (Fsp3) is 0. The third-order valence-corrected chi connectivity index (χ3v) is 2.90. The van der Waals surface area contributed by atoms with Gasteiger partial charge in [-0.2, -0.15) is 0 Å². The van der Waals surface area contributed by atoms with Gasteiger partial charge in [0, 0.05) is 11.1 Å². The fourth-order valence-electron chi connectivity index (χ4n) is 1.97. The van der Waals surface area contributed by atoms with Gasteiger partial charge in [-0.15, -0.1) is 0 Å². The first-order chi connectivity index (χ1) is 9.74. The highest BCUT2D eigenvalue weighted by atomic mass is 16.4. The Morgan fingerprint density at radius 2 is 1.90 bits per heavy atom. The molecule has 0 spiro atoms. The van der Waals surface area contributed by atoms with Crippen molar-refractivity contribution in [2.75, 3.05) is 5.32 Å². The van der Waals surface area contributed by atoms with Crippen LogP contribution in [0.15, 0.2) is 54.9 Å². The second-order valence-electron chi connectivity index (χ2n) is 4.23. The van der Waals surface area contributed by atoms with Crippen LogP contribution in [0.25, 0.3) is 10.9 Å². The lowest BCUT2D eigenvalue weighted by atomic mass is 10.2. The number of nitrogens with zero attached hydrogens (tertiary/aromatic N) is 2. The van der Waals surface area contributed by atoms with Crippen molar-refractivity contribution in [2.24, 2.45) is 0 Å². The number of aromatic carboxylic acids is 1. The van der Waals surface area contributed by atoms with Crippen molar-refractivity contribution in [3.05, 3.63) is 60.4 Å². The summed E-state index contributed by atoms with van der Waals surface area (Å²) in [4.78, 5) is 19.2. The molecule has 0 aliphatic carbocycles. The number of hydrogen-bond donors (Lipinski definition) is 1. The molecule has 0 radical (unpaired) electrons. The number of nitrogens with one attached hydrogen (secondary N) is 1. The predicted molar refractivity (Wildman–Crippen MR) is 73.6 cm³/mol. The van der Waals surface area contributed by atoms with Crippen LogP contribution >= 0.6 is 0 Å². The number of rotatable bonds is 3. The minimum atomic E-state index is -1.21. The maximum absolute atomic E-state index is 10.9. The Labute approximate surface area is 114 Å². The molecule has 0 aliphatic rings. The van der Waals surface area contributed by atoms with Crippen molar-refractivity contribution >= 4 is 28.4 Å². The van der Waals surface area contributed by atoms with E-state index in [2.05, 4.69) is 15.3 Å². The van der Waals surface area contributed by atoms with Crippen LogP contribution in [0, 0.1) is 0 Å².